The van der Waals surface area contributed by atoms with E-state index in [-0.39, 0.29) is 36.0 Å². The summed E-state index contributed by atoms with van der Waals surface area (Å²) in [6, 6.07) is 11.6. The number of hydrogen-bond acceptors (Lipinski definition) is 6. The van der Waals surface area contributed by atoms with Crippen LogP contribution >= 0.6 is 22.6 Å². The zero-order valence-corrected chi connectivity index (χ0v) is 24.6. The van der Waals surface area contributed by atoms with Crippen LogP contribution in [0.3, 0.4) is 0 Å². The van der Waals surface area contributed by atoms with Gasteiger partial charge in [-0.25, -0.2) is 23.5 Å². The smallest absolute Gasteiger partial charge is 0.352 e. The number of aromatic nitrogens is 3. The highest BCUT2D eigenvalue weighted by molar-refractivity contribution is 14.1. The fraction of sp³-hybridized carbons (Fsp3) is 0.333. The summed E-state index contributed by atoms with van der Waals surface area (Å²) < 4.78 is 10.0. The molecule has 1 saturated carbocycles. The average Bonchev–Trinajstić information content (AvgIpc) is 3.21. The van der Waals surface area contributed by atoms with Crippen LogP contribution in [-0.4, -0.2) is 37.7 Å². The zero-order chi connectivity index (χ0) is 28.7. The molecule has 1 N–H and O–H groups in total. The van der Waals surface area contributed by atoms with E-state index < -0.39 is 34.7 Å². The highest BCUT2D eigenvalue weighted by Gasteiger charge is 2.60. The van der Waals surface area contributed by atoms with Crippen molar-refractivity contribution >= 4 is 34.2 Å². The van der Waals surface area contributed by atoms with Gasteiger partial charge in [-0.1, -0.05) is 31.2 Å². The maximum Gasteiger partial charge on any atom is 0.352 e. The Hall–Kier alpha value is -3.67. The monoisotopic (exact) mass is 653 g/mol. The Bertz CT molecular complexity index is 1790. The van der Waals surface area contributed by atoms with Gasteiger partial charge >= 0.3 is 11.4 Å². The number of allylic oxidation sites excluding steroid dienone is 4. The van der Waals surface area contributed by atoms with E-state index in [1.165, 1.54) is 16.5 Å². The van der Waals surface area contributed by atoms with Crippen molar-refractivity contribution in [1.82, 2.24) is 13.9 Å². The lowest BCUT2D eigenvalue weighted by Gasteiger charge is -2.53. The van der Waals surface area contributed by atoms with Crippen molar-refractivity contribution < 1.29 is 19.4 Å². The van der Waals surface area contributed by atoms with Gasteiger partial charge in [-0.05, 0) is 89.4 Å². The molecule has 1 aliphatic heterocycles. The van der Waals surface area contributed by atoms with Gasteiger partial charge in [-0.15, -0.1) is 0 Å². The number of ether oxygens (including phenoxy) is 1. The number of hydrogen-bond donors (Lipinski definition) is 1. The number of rotatable bonds is 3. The van der Waals surface area contributed by atoms with Gasteiger partial charge in [0.2, 0.25) is 0 Å². The fourth-order valence-electron chi connectivity index (χ4n) is 6.94. The average molecular weight is 653 g/mol. The third kappa shape index (κ3) is 3.44. The van der Waals surface area contributed by atoms with Crippen LogP contribution in [0.15, 0.2) is 74.8 Å². The molecule has 1 fully saturated rings. The minimum absolute atomic E-state index is 0.0125. The number of methoxy groups -OCH3 is 1. The molecule has 9 nitrogen and oxygen atoms in total. The SMILES string of the molecule is COc1cc([C@H]2C3=CCn4c(=O)n(-c5ccccc5)c(=O)n4[C@@H]3C[C@H]3C(=O)C(C)=C(C)C(=O)[C@@]23C)cc(I)c1O. The maximum absolute atomic E-state index is 14.1. The van der Waals surface area contributed by atoms with Gasteiger partial charge in [0.25, 0.3) is 0 Å². The van der Waals surface area contributed by atoms with E-state index in [4.69, 9.17) is 4.74 Å². The molecule has 0 radical (unpaired) electrons. The van der Waals surface area contributed by atoms with Gasteiger partial charge in [0.05, 0.1) is 34.4 Å². The van der Waals surface area contributed by atoms with Crippen LogP contribution < -0.4 is 16.1 Å². The molecule has 2 aliphatic carbocycles. The highest BCUT2D eigenvalue weighted by Crippen LogP contribution is 2.61. The lowest BCUT2D eigenvalue weighted by molar-refractivity contribution is -0.140. The number of ketones is 2. The predicted molar refractivity (Wildman–Crippen MR) is 156 cm³/mol. The van der Waals surface area contributed by atoms with E-state index in [0.717, 1.165) is 10.1 Å². The van der Waals surface area contributed by atoms with Crippen molar-refractivity contribution in [3.8, 4) is 17.2 Å². The topological polar surface area (TPSA) is 113 Å². The number of phenolic OH excluding ortho intramolecular Hbond substituents is 1. The number of nitrogens with zero attached hydrogens (tertiary/aromatic N) is 3. The van der Waals surface area contributed by atoms with Crippen LogP contribution in [0.25, 0.3) is 5.69 Å². The molecular weight excluding hydrogens is 625 g/mol. The summed E-state index contributed by atoms with van der Waals surface area (Å²) in [7, 11) is 1.46. The molecule has 4 atom stereocenters. The first-order chi connectivity index (χ1) is 19.0. The minimum atomic E-state index is -1.14. The van der Waals surface area contributed by atoms with E-state index in [1.54, 1.807) is 50.2 Å². The molecule has 1 aromatic heterocycles. The van der Waals surface area contributed by atoms with Crippen molar-refractivity contribution in [2.75, 3.05) is 7.11 Å². The van der Waals surface area contributed by atoms with Crippen LogP contribution in [0.4, 0.5) is 0 Å². The van der Waals surface area contributed by atoms with Crippen molar-refractivity contribution in [2.45, 2.75) is 45.7 Å². The number of fused-ring (bicyclic) bond motifs is 4. The van der Waals surface area contributed by atoms with Crippen LogP contribution in [0, 0.1) is 14.9 Å². The third-order valence-electron chi connectivity index (χ3n) is 9.05. The summed E-state index contributed by atoms with van der Waals surface area (Å²) in [5, 5.41) is 10.6. The zero-order valence-electron chi connectivity index (χ0n) is 22.5. The Labute approximate surface area is 243 Å². The molecule has 0 amide bonds. The molecule has 40 heavy (non-hydrogen) atoms. The second-order valence-electron chi connectivity index (χ2n) is 10.9. The Balaban J connectivity index is 1.63. The first-order valence-corrected chi connectivity index (χ1v) is 14.1. The molecule has 206 valence electrons. The number of carbonyl (C=O) groups excluding carboxylic acids is 2. The Morgan fingerprint density at radius 1 is 1.02 bits per heavy atom. The normalized spacial score (nSPS) is 25.7. The van der Waals surface area contributed by atoms with Crippen LogP contribution in [0.1, 0.15) is 44.7 Å². The van der Waals surface area contributed by atoms with Crippen molar-refractivity contribution in [3.63, 3.8) is 0 Å². The minimum Gasteiger partial charge on any atom is -0.504 e. The molecule has 0 saturated heterocycles. The quantitative estimate of drug-likeness (QED) is 0.339. The second kappa shape index (κ2) is 9.18. The first kappa shape index (κ1) is 26.5. The molecule has 0 bridgehead atoms. The Kier molecular flexibility index (Phi) is 6.10. The number of halogens is 1. The molecule has 3 aliphatic rings. The largest absolute Gasteiger partial charge is 0.504 e. The summed E-state index contributed by atoms with van der Waals surface area (Å²) >= 11 is 2.02. The third-order valence-corrected chi connectivity index (χ3v) is 9.87. The van der Waals surface area contributed by atoms with Crippen LogP contribution in [0.5, 0.6) is 11.5 Å². The predicted octanol–water partition coefficient (Wildman–Crippen LogP) is 3.90. The molecular formula is C30H28IN3O6. The number of aromatic hydroxyl groups is 1. The van der Waals surface area contributed by atoms with E-state index in [2.05, 4.69) is 0 Å². The number of benzene rings is 2. The summed E-state index contributed by atoms with van der Waals surface area (Å²) in [6.07, 6.45) is 2.12. The van der Waals surface area contributed by atoms with Crippen molar-refractivity contribution in [1.29, 1.82) is 0 Å². The van der Waals surface area contributed by atoms with Crippen molar-refractivity contribution in [3.05, 3.63) is 95.4 Å². The van der Waals surface area contributed by atoms with Gasteiger partial charge in [0, 0.05) is 11.8 Å². The Morgan fingerprint density at radius 3 is 2.40 bits per heavy atom. The Morgan fingerprint density at radius 2 is 1.73 bits per heavy atom. The lowest BCUT2D eigenvalue weighted by Crippen LogP contribution is -2.55. The number of carbonyl (C=O) groups is 2. The standard InChI is InChI=1S/C30H28IN3O6/c1-15-16(2)27(37)30(3)20(25(15)35)14-22-19(24(30)17-12-21(31)26(36)23(13-17)40-4)10-11-32-28(38)33(29(39)34(22)32)18-8-6-5-7-9-18/h5-10,12-13,20,22,24,36H,11,14H2,1-4H3/t20-,22+,24-,30+/m0/s1. The van der Waals surface area contributed by atoms with Gasteiger partial charge in [-0.3, -0.25) is 9.59 Å². The van der Waals surface area contributed by atoms with E-state index >= 15 is 0 Å². The number of phenols is 1. The maximum atomic E-state index is 14.1. The summed E-state index contributed by atoms with van der Waals surface area (Å²) in [4.78, 5) is 55.3. The number of Topliss-reactive ketones (excluding diaryl/α,β-unsaturated/α-hetero) is 2. The van der Waals surface area contributed by atoms with Gasteiger partial charge in [0.15, 0.2) is 23.1 Å². The molecule has 2 aromatic carbocycles. The van der Waals surface area contributed by atoms with E-state index in [1.807, 2.05) is 41.7 Å². The molecule has 6 rings (SSSR count). The van der Waals surface area contributed by atoms with Crippen molar-refractivity contribution in [2.24, 2.45) is 11.3 Å². The summed E-state index contributed by atoms with van der Waals surface area (Å²) in [5.74, 6) is -1.32. The van der Waals surface area contributed by atoms with Gasteiger partial charge in [0.1, 0.15) is 0 Å². The molecule has 3 aromatic rings. The van der Waals surface area contributed by atoms with Gasteiger partial charge < -0.3 is 9.84 Å². The summed E-state index contributed by atoms with van der Waals surface area (Å²) in [6.45, 7) is 5.34. The lowest BCUT2D eigenvalue weighted by atomic mass is 9.50. The first-order valence-electron chi connectivity index (χ1n) is 13.0. The van der Waals surface area contributed by atoms with E-state index in [0.29, 0.717) is 26.0 Å². The molecule has 10 heteroatoms. The van der Waals surface area contributed by atoms with Gasteiger partial charge in [-0.2, -0.15) is 0 Å². The molecule has 2 heterocycles. The highest BCUT2D eigenvalue weighted by atomic mass is 127. The van der Waals surface area contributed by atoms with Crippen LogP contribution in [0.2, 0.25) is 0 Å². The number of para-hydroxylation sites is 1. The van der Waals surface area contributed by atoms with Crippen LogP contribution in [-0.2, 0) is 16.1 Å². The summed E-state index contributed by atoms with van der Waals surface area (Å²) in [5.41, 5.74) is 0.724. The fourth-order valence-corrected chi connectivity index (χ4v) is 7.56. The molecule has 0 unspecified atom stereocenters. The van der Waals surface area contributed by atoms with E-state index in [9.17, 15) is 24.3 Å². The second-order valence-corrected chi connectivity index (χ2v) is 12.0. The molecule has 0 spiro atoms.